The summed E-state index contributed by atoms with van der Waals surface area (Å²) in [6, 6.07) is 59.3. The van der Waals surface area contributed by atoms with Gasteiger partial charge in [0.25, 0.3) is 0 Å². The van der Waals surface area contributed by atoms with Crippen molar-refractivity contribution in [1.82, 2.24) is 9.55 Å². The number of para-hydroxylation sites is 4. The maximum atomic E-state index is 7.04. The van der Waals surface area contributed by atoms with Crippen LogP contribution in [0.15, 0.2) is 179 Å². The van der Waals surface area contributed by atoms with Crippen molar-refractivity contribution < 1.29 is 8.83 Å². The second kappa shape index (κ2) is 10.8. The molecule has 0 amide bonds. The molecule has 11 aromatic rings. The summed E-state index contributed by atoms with van der Waals surface area (Å²) in [5.41, 5.74) is 12.8. The summed E-state index contributed by atoms with van der Waals surface area (Å²) in [5, 5.41) is 6.69. The molecule has 51 heavy (non-hydrogen) atoms. The van der Waals surface area contributed by atoms with Crippen molar-refractivity contribution >= 4 is 65.7 Å². The number of rotatable bonds is 4. The molecule has 0 aliphatic rings. The van der Waals surface area contributed by atoms with Gasteiger partial charge in [0, 0.05) is 49.3 Å². The Morgan fingerprint density at radius 1 is 0.392 bits per heavy atom. The van der Waals surface area contributed by atoms with Crippen LogP contribution in [0, 0.1) is 0 Å². The highest BCUT2D eigenvalue weighted by molar-refractivity contribution is 6.24. The van der Waals surface area contributed by atoms with Crippen LogP contribution < -0.4 is 0 Å². The number of benzene rings is 7. The third kappa shape index (κ3) is 4.23. The zero-order valence-electron chi connectivity index (χ0n) is 27.4. The number of fused-ring (bicyclic) bond motifs is 10. The van der Waals surface area contributed by atoms with Crippen molar-refractivity contribution in [3.05, 3.63) is 170 Å². The van der Waals surface area contributed by atoms with E-state index in [4.69, 9.17) is 13.8 Å². The number of aromatic nitrogens is 2. The Balaban J connectivity index is 1.16. The molecule has 0 aliphatic heterocycles. The lowest BCUT2D eigenvalue weighted by Crippen LogP contribution is -1.92. The fraction of sp³-hybridized carbons (Fsp3) is 0. The molecule has 4 heterocycles. The smallest absolute Gasteiger partial charge is 0.145 e. The van der Waals surface area contributed by atoms with Crippen molar-refractivity contribution in [2.24, 2.45) is 0 Å². The first kappa shape index (κ1) is 28.0. The van der Waals surface area contributed by atoms with Gasteiger partial charge in [-0.15, -0.1) is 0 Å². The summed E-state index contributed by atoms with van der Waals surface area (Å²) in [7, 11) is 0. The predicted molar refractivity (Wildman–Crippen MR) is 209 cm³/mol. The van der Waals surface area contributed by atoms with Gasteiger partial charge in [0.15, 0.2) is 0 Å². The van der Waals surface area contributed by atoms with Crippen molar-refractivity contribution in [3.63, 3.8) is 0 Å². The molecule has 238 valence electrons. The van der Waals surface area contributed by atoms with E-state index in [2.05, 4.69) is 150 Å². The largest absolute Gasteiger partial charge is 0.456 e. The highest BCUT2D eigenvalue weighted by Gasteiger charge is 2.21. The second-order valence-electron chi connectivity index (χ2n) is 13.1. The van der Waals surface area contributed by atoms with Crippen LogP contribution >= 0.6 is 0 Å². The van der Waals surface area contributed by atoms with Crippen LogP contribution in [0.25, 0.3) is 105 Å². The standard InChI is InChI=1S/C47H28N2O2/c1-3-12-29(13-4-1)39-26-31(27-40(48-39)30-22-23-35-34-16-8-10-21-43(34)50-44(35)28-30)33-18-11-19-36-37-24-25-42-45(47(37)51-46(33)36)38-17-7-9-20-41(38)49(42)32-14-5-2-6-15-32/h1-28H. The average molecular weight is 653 g/mol. The number of furan rings is 2. The maximum Gasteiger partial charge on any atom is 0.145 e. The predicted octanol–water partition coefficient (Wildman–Crippen LogP) is 13.0. The number of hydrogen-bond donors (Lipinski definition) is 0. The van der Waals surface area contributed by atoms with Crippen LogP contribution in [0.3, 0.4) is 0 Å². The van der Waals surface area contributed by atoms with E-state index in [1.165, 1.54) is 5.39 Å². The van der Waals surface area contributed by atoms with Gasteiger partial charge in [-0.25, -0.2) is 4.98 Å². The fourth-order valence-electron chi connectivity index (χ4n) is 7.87. The van der Waals surface area contributed by atoms with Crippen LogP contribution in [0.5, 0.6) is 0 Å². The molecule has 11 rings (SSSR count). The van der Waals surface area contributed by atoms with E-state index in [0.717, 1.165) is 99.6 Å². The van der Waals surface area contributed by atoms with Gasteiger partial charge >= 0.3 is 0 Å². The van der Waals surface area contributed by atoms with E-state index in [1.807, 2.05) is 24.3 Å². The minimum Gasteiger partial charge on any atom is -0.456 e. The molecule has 0 N–H and O–H groups in total. The molecule has 0 spiro atoms. The Labute approximate surface area is 292 Å². The SMILES string of the molecule is c1ccc(-c2cc(-c3cccc4c3oc3c4ccc4c3c3ccccc3n4-c3ccccc3)cc(-c3ccc4c(c3)oc3ccccc34)n2)cc1. The zero-order chi connectivity index (χ0) is 33.5. The van der Waals surface area contributed by atoms with Gasteiger partial charge in [0.1, 0.15) is 22.3 Å². The van der Waals surface area contributed by atoms with Gasteiger partial charge < -0.3 is 13.4 Å². The Bertz CT molecular complexity index is 3130. The lowest BCUT2D eigenvalue weighted by Gasteiger charge is -2.11. The quantitative estimate of drug-likeness (QED) is 0.190. The zero-order valence-corrected chi connectivity index (χ0v) is 27.4. The second-order valence-corrected chi connectivity index (χ2v) is 13.1. The molecular formula is C47H28N2O2. The number of nitrogens with zero attached hydrogens (tertiary/aromatic N) is 2. The van der Waals surface area contributed by atoms with E-state index >= 15 is 0 Å². The summed E-state index contributed by atoms with van der Waals surface area (Å²) >= 11 is 0. The summed E-state index contributed by atoms with van der Waals surface area (Å²) in [6.45, 7) is 0. The first-order chi connectivity index (χ1) is 25.3. The van der Waals surface area contributed by atoms with Crippen molar-refractivity contribution in [1.29, 1.82) is 0 Å². The van der Waals surface area contributed by atoms with Gasteiger partial charge in [0.2, 0.25) is 0 Å². The molecule has 0 atom stereocenters. The first-order valence-electron chi connectivity index (χ1n) is 17.2. The van der Waals surface area contributed by atoms with E-state index in [1.54, 1.807) is 0 Å². The molecule has 0 radical (unpaired) electrons. The van der Waals surface area contributed by atoms with Crippen LogP contribution in [-0.2, 0) is 0 Å². The highest BCUT2D eigenvalue weighted by Crippen LogP contribution is 2.44. The summed E-state index contributed by atoms with van der Waals surface area (Å²) in [4.78, 5) is 5.21. The lowest BCUT2D eigenvalue weighted by molar-refractivity contribution is 0.669. The Morgan fingerprint density at radius 3 is 1.92 bits per heavy atom. The maximum absolute atomic E-state index is 7.04. The minimum absolute atomic E-state index is 0.847. The van der Waals surface area contributed by atoms with Crippen LogP contribution in [-0.4, -0.2) is 9.55 Å². The average Bonchev–Trinajstić information content (AvgIpc) is 3.87. The minimum atomic E-state index is 0.847. The van der Waals surface area contributed by atoms with E-state index in [0.29, 0.717) is 0 Å². The fourth-order valence-corrected chi connectivity index (χ4v) is 7.87. The molecule has 0 saturated heterocycles. The summed E-state index contributed by atoms with van der Waals surface area (Å²) in [5.74, 6) is 0. The van der Waals surface area contributed by atoms with Crippen LogP contribution in [0.4, 0.5) is 0 Å². The third-order valence-electron chi connectivity index (χ3n) is 10.2. The summed E-state index contributed by atoms with van der Waals surface area (Å²) < 4.78 is 15.7. The number of hydrogen-bond acceptors (Lipinski definition) is 3. The summed E-state index contributed by atoms with van der Waals surface area (Å²) in [6.07, 6.45) is 0. The van der Waals surface area contributed by atoms with Crippen molar-refractivity contribution in [2.45, 2.75) is 0 Å². The Morgan fingerprint density at radius 2 is 1.06 bits per heavy atom. The number of pyridine rings is 1. The van der Waals surface area contributed by atoms with E-state index in [9.17, 15) is 0 Å². The monoisotopic (exact) mass is 652 g/mol. The van der Waals surface area contributed by atoms with Gasteiger partial charge in [-0.05, 0) is 66.2 Å². The van der Waals surface area contributed by atoms with Gasteiger partial charge in [0.05, 0.1) is 27.8 Å². The van der Waals surface area contributed by atoms with Gasteiger partial charge in [-0.2, -0.15) is 0 Å². The molecule has 0 saturated carbocycles. The van der Waals surface area contributed by atoms with Gasteiger partial charge in [-0.1, -0.05) is 109 Å². The Kier molecular flexibility index (Phi) is 5.92. The molecular weight excluding hydrogens is 625 g/mol. The van der Waals surface area contributed by atoms with Crippen molar-refractivity contribution in [3.8, 4) is 39.3 Å². The third-order valence-corrected chi connectivity index (χ3v) is 10.2. The molecule has 4 aromatic heterocycles. The molecule has 0 aliphatic carbocycles. The molecule has 7 aromatic carbocycles. The molecule has 0 unspecified atom stereocenters. The van der Waals surface area contributed by atoms with Crippen molar-refractivity contribution in [2.75, 3.05) is 0 Å². The molecule has 0 fully saturated rings. The van der Waals surface area contributed by atoms with E-state index < -0.39 is 0 Å². The lowest BCUT2D eigenvalue weighted by atomic mass is 9.98. The van der Waals surface area contributed by atoms with E-state index in [-0.39, 0.29) is 0 Å². The molecule has 4 heteroatoms. The Hall–Kier alpha value is -6.91. The highest BCUT2D eigenvalue weighted by atomic mass is 16.3. The normalized spacial score (nSPS) is 11.9. The van der Waals surface area contributed by atoms with Gasteiger partial charge in [-0.3, -0.25) is 0 Å². The topological polar surface area (TPSA) is 44.1 Å². The molecule has 0 bridgehead atoms. The van der Waals surface area contributed by atoms with Crippen LogP contribution in [0.1, 0.15) is 0 Å². The first-order valence-corrected chi connectivity index (χ1v) is 17.2. The molecule has 4 nitrogen and oxygen atoms in total. The van der Waals surface area contributed by atoms with Crippen LogP contribution in [0.2, 0.25) is 0 Å².